The molecule has 2 rings (SSSR count). The number of nitrogens with one attached hydrogen (secondary N) is 2. The molecule has 1 aromatic rings. The first kappa shape index (κ1) is 16.7. The molecule has 122 valence electrons. The molecule has 1 heterocycles. The number of para-hydroxylation sites is 1. The second kappa shape index (κ2) is 7.58. The SMILES string of the molecule is CCC(Oc1ccccc1F)C(=O)NCC1(C)CCNCC1. The smallest absolute Gasteiger partial charge is 0.261 e. The zero-order valence-corrected chi connectivity index (χ0v) is 13.3. The van der Waals surface area contributed by atoms with E-state index >= 15 is 0 Å². The Bertz CT molecular complexity index is 501. The van der Waals surface area contributed by atoms with Gasteiger partial charge in [0.15, 0.2) is 17.7 Å². The van der Waals surface area contributed by atoms with Gasteiger partial charge in [0, 0.05) is 6.54 Å². The summed E-state index contributed by atoms with van der Waals surface area (Å²) in [6.45, 7) is 6.64. The number of piperidine rings is 1. The summed E-state index contributed by atoms with van der Waals surface area (Å²) in [4.78, 5) is 12.3. The summed E-state index contributed by atoms with van der Waals surface area (Å²) in [5, 5.41) is 6.29. The lowest BCUT2D eigenvalue weighted by Crippen LogP contribution is -2.46. The number of carbonyl (C=O) groups excluding carboxylic acids is 1. The van der Waals surface area contributed by atoms with Crippen LogP contribution in [0, 0.1) is 11.2 Å². The normalized spacial score (nSPS) is 18.5. The van der Waals surface area contributed by atoms with Crippen LogP contribution in [0.5, 0.6) is 5.75 Å². The highest BCUT2D eigenvalue weighted by Gasteiger charge is 2.28. The lowest BCUT2D eigenvalue weighted by atomic mass is 9.81. The van der Waals surface area contributed by atoms with Crippen molar-refractivity contribution in [3.05, 3.63) is 30.1 Å². The number of carbonyl (C=O) groups is 1. The Morgan fingerprint density at radius 1 is 1.41 bits per heavy atom. The molecule has 1 amide bonds. The molecular weight excluding hydrogens is 283 g/mol. The number of hydrogen-bond acceptors (Lipinski definition) is 3. The minimum absolute atomic E-state index is 0.122. The van der Waals surface area contributed by atoms with Crippen molar-refractivity contribution >= 4 is 5.91 Å². The molecule has 1 aliphatic rings. The third-order valence-electron chi connectivity index (χ3n) is 4.27. The summed E-state index contributed by atoms with van der Waals surface area (Å²) in [5.74, 6) is -0.498. The van der Waals surface area contributed by atoms with Gasteiger partial charge in [-0.3, -0.25) is 4.79 Å². The lowest BCUT2D eigenvalue weighted by molar-refractivity contribution is -0.128. The average molecular weight is 308 g/mol. The minimum atomic E-state index is -0.665. The Morgan fingerprint density at radius 3 is 2.73 bits per heavy atom. The Hall–Kier alpha value is -1.62. The van der Waals surface area contributed by atoms with E-state index in [1.807, 2.05) is 6.92 Å². The molecule has 1 atom stereocenters. The molecule has 5 heteroatoms. The maximum atomic E-state index is 13.6. The van der Waals surface area contributed by atoms with Crippen LogP contribution in [0.4, 0.5) is 4.39 Å². The molecule has 2 N–H and O–H groups in total. The van der Waals surface area contributed by atoms with E-state index in [4.69, 9.17) is 4.74 Å². The number of benzene rings is 1. The van der Waals surface area contributed by atoms with Crippen LogP contribution in [0.25, 0.3) is 0 Å². The van der Waals surface area contributed by atoms with Crippen molar-refractivity contribution in [2.45, 2.75) is 39.2 Å². The number of rotatable bonds is 6. The third-order valence-corrected chi connectivity index (χ3v) is 4.27. The van der Waals surface area contributed by atoms with Crippen LogP contribution in [0.2, 0.25) is 0 Å². The van der Waals surface area contributed by atoms with Gasteiger partial charge in [-0.2, -0.15) is 0 Å². The largest absolute Gasteiger partial charge is 0.478 e. The number of amides is 1. The van der Waals surface area contributed by atoms with Crippen LogP contribution < -0.4 is 15.4 Å². The lowest BCUT2D eigenvalue weighted by Gasteiger charge is -2.34. The van der Waals surface area contributed by atoms with Gasteiger partial charge in [-0.25, -0.2) is 4.39 Å². The first-order valence-electron chi connectivity index (χ1n) is 7.94. The number of halogens is 1. The fraction of sp³-hybridized carbons (Fsp3) is 0.588. The summed E-state index contributed by atoms with van der Waals surface area (Å²) in [7, 11) is 0. The van der Waals surface area contributed by atoms with Gasteiger partial charge in [0.25, 0.3) is 5.91 Å². The van der Waals surface area contributed by atoms with Crippen LogP contribution in [-0.4, -0.2) is 31.6 Å². The number of ether oxygens (including phenoxy) is 1. The predicted molar refractivity (Wildman–Crippen MR) is 84.3 cm³/mol. The van der Waals surface area contributed by atoms with Crippen molar-refractivity contribution in [2.75, 3.05) is 19.6 Å². The van der Waals surface area contributed by atoms with Crippen LogP contribution >= 0.6 is 0 Å². The second-order valence-electron chi connectivity index (χ2n) is 6.22. The predicted octanol–water partition coefficient (Wildman–Crippen LogP) is 2.49. The van der Waals surface area contributed by atoms with Crippen LogP contribution in [0.1, 0.15) is 33.1 Å². The summed E-state index contributed by atoms with van der Waals surface area (Å²) in [6, 6.07) is 6.16. The molecule has 0 bridgehead atoms. The van der Waals surface area contributed by atoms with Crippen LogP contribution in [0.15, 0.2) is 24.3 Å². The molecule has 1 unspecified atom stereocenters. The van der Waals surface area contributed by atoms with Crippen LogP contribution in [-0.2, 0) is 4.79 Å². The van der Waals surface area contributed by atoms with Gasteiger partial charge in [0.1, 0.15) is 0 Å². The Balaban J connectivity index is 1.90. The zero-order chi connectivity index (χ0) is 16.0. The Labute approximate surface area is 131 Å². The number of hydrogen-bond donors (Lipinski definition) is 2. The fourth-order valence-corrected chi connectivity index (χ4v) is 2.64. The minimum Gasteiger partial charge on any atom is -0.478 e. The molecule has 1 aliphatic heterocycles. The highest BCUT2D eigenvalue weighted by molar-refractivity contribution is 5.81. The molecule has 0 aromatic heterocycles. The molecule has 1 fully saturated rings. The molecule has 0 aliphatic carbocycles. The molecule has 1 saturated heterocycles. The molecule has 4 nitrogen and oxygen atoms in total. The van der Waals surface area contributed by atoms with Gasteiger partial charge in [-0.15, -0.1) is 0 Å². The quantitative estimate of drug-likeness (QED) is 0.849. The molecular formula is C17H25FN2O2. The van der Waals surface area contributed by atoms with Crippen molar-refractivity contribution in [3.8, 4) is 5.75 Å². The Kier molecular flexibility index (Phi) is 5.77. The highest BCUT2D eigenvalue weighted by atomic mass is 19.1. The summed E-state index contributed by atoms with van der Waals surface area (Å²) in [5.41, 5.74) is 0.122. The van der Waals surface area contributed by atoms with E-state index in [-0.39, 0.29) is 17.1 Å². The van der Waals surface area contributed by atoms with Gasteiger partial charge in [0.05, 0.1) is 0 Å². The van der Waals surface area contributed by atoms with Gasteiger partial charge >= 0.3 is 0 Å². The zero-order valence-electron chi connectivity index (χ0n) is 13.3. The summed E-state index contributed by atoms with van der Waals surface area (Å²) in [6.07, 6.45) is 1.91. The molecule has 22 heavy (non-hydrogen) atoms. The van der Waals surface area contributed by atoms with E-state index < -0.39 is 11.9 Å². The van der Waals surface area contributed by atoms with E-state index in [1.165, 1.54) is 6.07 Å². The van der Waals surface area contributed by atoms with E-state index in [9.17, 15) is 9.18 Å². The van der Waals surface area contributed by atoms with Crippen molar-refractivity contribution < 1.29 is 13.9 Å². The molecule has 0 radical (unpaired) electrons. The second-order valence-corrected chi connectivity index (χ2v) is 6.22. The Morgan fingerprint density at radius 2 is 2.09 bits per heavy atom. The van der Waals surface area contributed by atoms with E-state index in [2.05, 4.69) is 17.6 Å². The van der Waals surface area contributed by atoms with E-state index in [0.717, 1.165) is 25.9 Å². The van der Waals surface area contributed by atoms with E-state index in [0.29, 0.717) is 13.0 Å². The van der Waals surface area contributed by atoms with Crippen molar-refractivity contribution in [1.82, 2.24) is 10.6 Å². The first-order chi connectivity index (χ1) is 10.5. The van der Waals surface area contributed by atoms with Gasteiger partial charge < -0.3 is 15.4 Å². The third kappa shape index (κ3) is 4.44. The van der Waals surface area contributed by atoms with Gasteiger partial charge in [-0.05, 0) is 49.9 Å². The van der Waals surface area contributed by atoms with Gasteiger partial charge in [-0.1, -0.05) is 26.0 Å². The van der Waals surface area contributed by atoms with E-state index in [1.54, 1.807) is 18.2 Å². The van der Waals surface area contributed by atoms with Gasteiger partial charge in [0.2, 0.25) is 0 Å². The topological polar surface area (TPSA) is 50.4 Å². The van der Waals surface area contributed by atoms with Crippen molar-refractivity contribution in [3.63, 3.8) is 0 Å². The maximum absolute atomic E-state index is 13.6. The molecule has 0 spiro atoms. The summed E-state index contributed by atoms with van der Waals surface area (Å²) < 4.78 is 19.2. The van der Waals surface area contributed by atoms with Crippen molar-refractivity contribution in [2.24, 2.45) is 5.41 Å². The van der Waals surface area contributed by atoms with Crippen LogP contribution in [0.3, 0.4) is 0 Å². The monoisotopic (exact) mass is 308 g/mol. The fourth-order valence-electron chi connectivity index (χ4n) is 2.64. The first-order valence-corrected chi connectivity index (χ1v) is 7.94. The standard InChI is InChI=1S/C17H25FN2O2/c1-3-14(22-15-7-5-4-6-13(15)18)16(21)20-12-17(2)8-10-19-11-9-17/h4-7,14,19H,3,8-12H2,1-2H3,(H,20,21). The highest BCUT2D eigenvalue weighted by Crippen LogP contribution is 2.26. The molecule has 0 saturated carbocycles. The average Bonchev–Trinajstić information content (AvgIpc) is 2.53. The maximum Gasteiger partial charge on any atom is 0.261 e. The molecule has 1 aromatic carbocycles. The van der Waals surface area contributed by atoms with Crippen molar-refractivity contribution in [1.29, 1.82) is 0 Å². The summed E-state index contributed by atoms with van der Waals surface area (Å²) >= 11 is 0.